The van der Waals surface area contributed by atoms with Gasteiger partial charge < -0.3 is 9.30 Å². The van der Waals surface area contributed by atoms with E-state index in [2.05, 4.69) is 28.1 Å². The molecule has 0 N–H and O–H groups in total. The van der Waals surface area contributed by atoms with Crippen LogP contribution in [0.5, 0.6) is 0 Å². The fraction of sp³-hybridized carbons (Fsp3) is 0.167. The molecule has 0 bridgehead atoms. The van der Waals surface area contributed by atoms with Crippen LogP contribution in [0.25, 0.3) is 0 Å². The molecule has 0 aliphatic carbocycles. The number of ether oxygens (including phenoxy) is 1. The second kappa shape index (κ2) is 6.62. The molecule has 1 aromatic carbocycles. The summed E-state index contributed by atoms with van der Waals surface area (Å²) in [6, 6.07) is 16.3. The molecule has 2 heterocycles. The predicted molar refractivity (Wildman–Crippen MR) is 88.4 cm³/mol. The lowest BCUT2D eigenvalue weighted by Crippen LogP contribution is -2.03. The summed E-state index contributed by atoms with van der Waals surface area (Å²) < 4.78 is 6.97. The Morgan fingerprint density at radius 2 is 2.00 bits per heavy atom. The van der Waals surface area contributed by atoms with Crippen LogP contribution in [0, 0.1) is 0 Å². The molecule has 0 aliphatic heterocycles. The lowest BCUT2D eigenvalue weighted by atomic mass is 10.2. The number of methoxy groups -OCH3 is 1. The van der Waals surface area contributed by atoms with Crippen LogP contribution in [0.3, 0.4) is 0 Å². The Morgan fingerprint density at radius 3 is 2.68 bits per heavy atom. The second-order valence-electron chi connectivity index (χ2n) is 5.08. The smallest absolute Gasteiger partial charge is 0.339 e. The van der Waals surface area contributed by atoms with E-state index in [0.717, 1.165) is 18.7 Å². The van der Waals surface area contributed by atoms with Crippen molar-refractivity contribution < 1.29 is 9.53 Å². The predicted octanol–water partition coefficient (Wildman–Crippen LogP) is 3.98. The Labute approximate surface area is 133 Å². The highest BCUT2D eigenvalue weighted by atomic mass is 32.1. The number of carbonyl (C=O) groups excluding carboxylic acids is 1. The third kappa shape index (κ3) is 3.28. The number of hydrogen-bond acceptors (Lipinski definition) is 3. The topological polar surface area (TPSA) is 31.2 Å². The molecule has 3 aromatic rings. The van der Waals surface area contributed by atoms with Gasteiger partial charge in [-0.25, -0.2) is 4.79 Å². The minimum Gasteiger partial charge on any atom is -0.465 e. The molecule has 2 aromatic heterocycles. The van der Waals surface area contributed by atoms with Crippen molar-refractivity contribution in [2.24, 2.45) is 0 Å². The number of thiophene rings is 1. The monoisotopic (exact) mass is 311 g/mol. The summed E-state index contributed by atoms with van der Waals surface area (Å²) >= 11 is 1.73. The lowest BCUT2D eigenvalue weighted by molar-refractivity contribution is 0.0600. The van der Waals surface area contributed by atoms with Crippen molar-refractivity contribution in [1.29, 1.82) is 0 Å². The number of benzene rings is 1. The minimum atomic E-state index is -0.292. The van der Waals surface area contributed by atoms with Crippen LogP contribution in [0.2, 0.25) is 0 Å². The first-order chi connectivity index (χ1) is 10.8. The molecule has 3 nitrogen and oxygen atoms in total. The molecular weight excluding hydrogens is 294 g/mol. The van der Waals surface area contributed by atoms with Crippen molar-refractivity contribution in [3.05, 3.63) is 81.8 Å². The van der Waals surface area contributed by atoms with Gasteiger partial charge in [0.2, 0.25) is 0 Å². The summed E-state index contributed by atoms with van der Waals surface area (Å²) in [5, 5.41) is 2.07. The van der Waals surface area contributed by atoms with E-state index in [1.807, 2.05) is 36.5 Å². The first-order valence-corrected chi connectivity index (χ1v) is 7.98. The fourth-order valence-corrected chi connectivity index (χ4v) is 3.17. The molecule has 3 rings (SSSR count). The maximum Gasteiger partial charge on any atom is 0.339 e. The molecule has 0 amide bonds. The van der Waals surface area contributed by atoms with Gasteiger partial charge in [0.15, 0.2) is 0 Å². The Hall–Kier alpha value is -2.33. The molecule has 112 valence electrons. The normalized spacial score (nSPS) is 10.6. The summed E-state index contributed by atoms with van der Waals surface area (Å²) in [5.41, 5.74) is 2.93. The first-order valence-electron chi connectivity index (χ1n) is 7.10. The van der Waals surface area contributed by atoms with Gasteiger partial charge in [-0.2, -0.15) is 0 Å². The van der Waals surface area contributed by atoms with Crippen molar-refractivity contribution in [2.75, 3.05) is 7.11 Å². The Balaban J connectivity index is 1.91. The van der Waals surface area contributed by atoms with Gasteiger partial charge in [0.1, 0.15) is 0 Å². The summed E-state index contributed by atoms with van der Waals surface area (Å²) in [6.45, 7) is 0.749. The third-order valence-electron chi connectivity index (χ3n) is 3.54. The van der Waals surface area contributed by atoms with Crippen molar-refractivity contribution in [1.82, 2.24) is 4.57 Å². The van der Waals surface area contributed by atoms with Gasteiger partial charge in [-0.1, -0.05) is 36.4 Å². The van der Waals surface area contributed by atoms with E-state index in [1.54, 1.807) is 11.3 Å². The average molecular weight is 311 g/mol. The van der Waals surface area contributed by atoms with Gasteiger partial charge >= 0.3 is 5.97 Å². The van der Waals surface area contributed by atoms with Crippen LogP contribution >= 0.6 is 11.3 Å². The van der Waals surface area contributed by atoms with Gasteiger partial charge in [0, 0.05) is 29.7 Å². The number of nitrogens with zero attached hydrogens (tertiary/aromatic N) is 1. The maximum absolute atomic E-state index is 11.8. The molecule has 0 aliphatic rings. The van der Waals surface area contributed by atoms with E-state index in [1.165, 1.54) is 17.6 Å². The zero-order valence-corrected chi connectivity index (χ0v) is 13.2. The van der Waals surface area contributed by atoms with E-state index >= 15 is 0 Å². The quantitative estimate of drug-likeness (QED) is 0.668. The Bertz CT molecular complexity index is 745. The zero-order chi connectivity index (χ0) is 15.4. The maximum atomic E-state index is 11.8. The first kappa shape index (κ1) is 14.6. The number of aromatic nitrogens is 1. The van der Waals surface area contributed by atoms with Gasteiger partial charge in [-0.3, -0.25) is 0 Å². The van der Waals surface area contributed by atoms with Crippen LogP contribution < -0.4 is 0 Å². The van der Waals surface area contributed by atoms with Crippen molar-refractivity contribution in [2.45, 2.75) is 13.0 Å². The van der Waals surface area contributed by atoms with Crippen LogP contribution in [-0.4, -0.2) is 17.6 Å². The van der Waals surface area contributed by atoms with E-state index in [-0.39, 0.29) is 5.97 Å². The molecule has 4 heteroatoms. The number of hydrogen-bond donors (Lipinski definition) is 0. The van der Waals surface area contributed by atoms with Crippen LogP contribution in [-0.2, 0) is 17.7 Å². The van der Waals surface area contributed by atoms with Crippen LogP contribution in [0.1, 0.15) is 26.5 Å². The van der Waals surface area contributed by atoms with E-state index < -0.39 is 0 Å². The zero-order valence-electron chi connectivity index (χ0n) is 12.4. The molecule has 0 saturated carbocycles. The van der Waals surface area contributed by atoms with E-state index in [0.29, 0.717) is 5.56 Å². The van der Waals surface area contributed by atoms with Gasteiger partial charge in [-0.15, -0.1) is 11.3 Å². The fourth-order valence-electron chi connectivity index (χ4n) is 2.45. The standard InChI is InChI=1S/C18H17NO2S/c1-21-18(20)15-10-16(11-17-8-5-9-22-17)19(13-15)12-14-6-3-2-4-7-14/h2-10,13H,11-12H2,1H3. The van der Waals surface area contributed by atoms with Crippen molar-refractivity contribution in [3.8, 4) is 0 Å². The third-order valence-corrected chi connectivity index (χ3v) is 4.41. The minimum absolute atomic E-state index is 0.292. The number of rotatable bonds is 5. The molecule has 0 radical (unpaired) electrons. The van der Waals surface area contributed by atoms with Gasteiger partial charge in [0.25, 0.3) is 0 Å². The molecule has 22 heavy (non-hydrogen) atoms. The Morgan fingerprint density at radius 1 is 1.18 bits per heavy atom. The highest BCUT2D eigenvalue weighted by Crippen LogP contribution is 2.19. The molecule has 0 spiro atoms. The molecule has 0 unspecified atom stereocenters. The van der Waals surface area contributed by atoms with E-state index in [4.69, 9.17) is 4.74 Å². The average Bonchev–Trinajstić information content (AvgIpc) is 3.19. The van der Waals surface area contributed by atoms with Crippen LogP contribution in [0.4, 0.5) is 0 Å². The van der Waals surface area contributed by atoms with Gasteiger partial charge in [0.05, 0.1) is 12.7 Å². The molecular formula is C18H17NO2S. The van der Waals surface area contributed by atoms with Crippen LogP contribution in [0.15, 0.2) is 60.1 Å². The van der Waals surface area contributed by atoms with Crippen molar-refractivity contribution >= 4 is 17.3 Å². The molecule has 0 atom stereocenters. The van der Waals surface area contributed by atoms with Gasteiger partial charge in [-0.05, 0) is 23.1 Å². The summed E-state index contributed by atoms with van der Waals surface area (Å²) in [7, 11) is 1.41. The largest absolute Gasteiger partial charge is 0.465 e. The van der Waals surface area contributed by atoms with Crippen molar-refractivity contribution in [3.63, 3.8) is 0 Å². The lowest BCUT2D eigenvalue weighted by Gasteiger charge is -2.08. The number of esters is 1. The summed E-state index contributed by atoms with van der Waals surface area (Å²) in [5.74, 6) is -0.292. The SMILES string of the molecule is COC(=O)c1cc(Cc2cccs2)n(Cc2ccccc2)c1. The number of carbonyl (C=O) groups is 1. The highest BCUT2D eigenvalue weighted by molar-refractivity contribution is 7.09. The molecule has 0 saturated heterocycles. The highest BCUT2D eigenvalue weighted by Gasteiger charge is 2.13. The summed E-state index contributed by atoms with van der Waals surface area (Å²) in [6.07, 6.45) is 2.70. The second-order valence-corrected chi connectivity index (χ2v) is 6.11. The van der Waals surface area contributed by atoms with E-state index in [9.17, 15) is 4.79 Å². The molecule has 0 fully saturated rings. The Kier molecular flexibility index (Phi) is 4.39. The summed E-state index contributed by atoms with van der Waals surface area (Å²) in [4.78, 5) is 13.1.